The van der Waals surface area contributed by atoms with E-state index in [0.29, 0.717) is 11.3 Å². The van der Waals surface area contributed by atoms with Crippen molar-refractivity contribution in [1.82, 2.24) is 20.2 Å². The lowest BCUT2D eigenvalue weighted by atomic mass is 10.1. The molecule has 7 heteroatoms. The van der Waals surface area contributed by atoms with Gasteiger partial charge in [-0.2, -0.15) is 10.2 Å². The van der Waals surface area contributed by atoms with E-state index < -0.39 is 11.7 Å². The third kappa shape index (κ3) is 4.08. The molecular formula is C22H16FN5O. The number of rotatable bonds is 5. The molecular weight excluding hydrogens is 369 g/mol. The molecule has 0 unspecified atom stereocenters. The van der Waals surface area contributed by atoms with Crippen LogP contribution in [-0.2, 0) is 0 Å². The first-order valence-corrected chi connectivity index (χ1v) is 8.86. The van der Waals surface area contributed by atoms with Gasteiger partial charge in [0.2, 0.25) is 0 Å². The molecule has 0 bridgehead atoms. The van der Waals surface area contributed by atoms with Gasteiger partial charge in [0.15, 0.2) is 0 Å². The van der Waals surface area contributed by atoms with Crippen molar-refractivity contribution in [2.75, 3.05) is 0 Å². The predicted octanol–water partition coefficient (Wildman–Crippen LogP) is 3.84. The van der Waals surface area contributed by atoms with Crippen LogP contribution in [0.1, 0.15) is 15.9 Å². The average molecular weight is 385 g/mol. The Morgan fingerprint density at radius 3 is 2.48 bits per heavy atom. The van der Waals surface area contributed by atoms with Crippen LogP contribution < -0.4 is 5.43 Å². The molecule has 29 heavy (non-hydrogen) atoms. The Hall–Kier alpha value is -4.13. The summed E-state index contributed by atoms with van der Waals surface area (Å²) >= 11 is 0. The molecule has 142 valence electrons. The minimum Gasteiger partial charge on any atom is -0.267 e. The number of benzene rings is 2. The van der Waals surface area contributed by atoms with Gasteiger partial charge in [0.05, 0.1) is 17.5 Å². The third-order valence-corrected chi connectivity index (χ3v) is 4.21. The van der Waals surface area contributed by atoms with Gasteiger partial charge in [-0.3, -0.25) is 9.78 Å². The molecule has 2 aromatic carbocycles. The van der Waals surface area contributed by atoms with Crippen LogP contribution in [0.3, 0.4) is 0 Å². The predicted molar refractivity (Wildman–Crippen MR) is 108 cm³/mol. The van der Waals surface area contributed by atoms with Crippen LogP contribution in [0.15, 0.2) is 90.4 Å². The lowest BCUT2D eigenvalue weighted by molar-refractivity contribution is 0.0951. The van der Waals surface area contributed by atoms with Gasteiger partial charge in [-0.25, -0.2) is 14.5 Å². The van der Waals surface area contributed by atoms with E-state index in [0.717, 1.165) is 11.3 Å². The van der Waals surface area contributed by atoms with E-state index in [2.05, 4.69) is 20.6 Å². The minimum absolute atomic E-state index is 0.0704. The molecule has 1 N–H and O–H groups in total. The molecule has 0 aliphatic carbocycles. The summed E-state index contributed by atoms with van der Waals surface area (Å²) in [5.74, 6) is -1.23. The zero-order valence-corrected chi connectivity index (χ0v) is 15.2. The molecule has 2 heterocycles. The first-order valence-electron chi connectivity index (χ1n) is 8.86. The minimum atomic E-state index is -0.625. The molecule has 4 aromatic rings. The normalized spacial score (nSPS) is 10.9. The van der Waals surface area contributed by atoms with Crippen LogP contribution in [0.5, 0.6) is 0 Å². The first-order chi connectivity index (χ1) is 14.2. The molecule has 6 nitrogen and oxygen atoms in total. The second-order valence-electron chi connectivity index (χ2n) is 6.13. The molecule has 0 aliphatic heterocycles. The van der Waals surface area contributed by atoms with Gasteiger partial charge in [-0.05, 0) is 36.4 Å². The van der Waals surface area contributed by atoms with Crippen molar-refractivity contribution < 1.29 is 9.18 Å². The van der Waals surface area contributed by atoms with Crippen LogP contribution in [0, 0.1) is 5.82 Å². The molecule has 0 fully saturated rings. The average Bonchev–Trinajstić information content (AvgIpc) is 3.19. The van der Waals surface area contributed by atoms with Crippen molar-refractivity contribution in [1.29, 1.82) is 0 Å². The number of hydrazone groups is 1. The van der Waals surface area contributed by atoms with E-state index in [1.807, 2.05) is 48.7 Å². The number of hydrogen-bond donors (Lipinski definition) is 1. The van der Waals surface area contributed by atoms with Gasteiger partial charge >= 0.3 is 0 Å². The monoisotopic (exact) mass is 385 g/mol. The Balaban J connectivity index is 1.63. The van der Waals surface area contributed by atoms with Crippen molar-refractivity contribution in [3.05, 3.63) is 102 Å². The summed E-state index contributed by atoms with van der Waals surface area (Å²) in [6.07, 6.45) is 6.65. The highest BCUT2D eigenvalue weighted by Crippen LogP contribution is 2.22. The number of nitrogens with one attached hydrogen (secondary N) is 1. The molecule has 2 aromatic heterocycles. The fourth-order valence-electron chi connectivity index (χ4n) is 2.79. The fraction of sp³-hybridized carbons (Fsp3) is 0. The van der Waals surface area contributed by atoms with E-state index in [1.165, 1.54) is 24.4 Å². The summed E-state index contributed by atoms with van der Waals surface area (Å²) in [6.45, 7) is 0. The van der Waals surface area contributed by atoms with Crippen molar-refractivity contribution in [2.45, 2.75) is 0 Å². The molecule has 0 spiro atoms. The van der Waals surface area contributed by atoms with Gasteiger partial charge in [-0.15, -0.1) is 0 Å². The van der Waals surface area contributed by atoms with Gasteiger partial charge in [0.25, 0.3) is 5.91 Å². The van der Waals surface area contributed by atoms with Crippen molar-refractivity contribution >= 4 is 12.1 Å². The number of nitrogens with zero attached hydrogens (tertiary/aromatic N) is 4. The van der Waals surface area contributed by atoms with Crippen LogP contribution in [0.25, 0.3) is 16.9 Å². The Morgan fingerprint density at radius 2 is 1.72 bits per heavy atom. The largest absolute Gasteiger partial charge is 0.274 e. The summed E-state index contributed by atoms with van der Waals surface area (Å²) in [6, 6.07) is 19.1. The number of halogens is 1. The summed E-state index contributed by atoms with van der Waals surface area (Å²) in [7, 11) is 0. The Morgan fingerprint density at radius 1 is 1.00 bits per heavy atom. The van der Waals surface area contributed by atoms with Crippen molar-refractivity contribution in [3.63, 3.8) is 0 Å². The maximum atomic E-state index is 13.7. The quantitative estimate of drug-likeness (QED) is 0.419. The zero-order valence-electron chi connectivity index (χ0n) is 15.2. The molecule has 1 amide bonds. The lowest BCUT2D eigenvalue weighted by Crippen LogP contribution is -2.18. The Kier molecular flexibility index (Phi) is 5.20. The first kappa shape index (κ1) is 18.2. The highest BCUT2D eigenvalue weighted by atomic mass is 19.1. The van der Waals surface area contributed by atoms with E-state index in [-0.39, 0.29) is 5.56 Å². The summed E-state index contributed by atoms with van der Waals surface area (Å²) in [5, 5.41) is 8.64. The number of amides is 1. The van der Waals surface area contributed by atoms with Gasteiger partial charge in [0, 0.05) is 29.7 Å². The summed E-state index contributed by atoms with van der Waals surface area (Å²) < 4.78 is 15.5. The number of aromatic nitrogens is 3. The molecule has 0 aliphatic rings. The maximum absolute atomic E-state index is 13.7. The number of para-hydroxylation sites is 1. The molecule has 4 rings (SSSR count). The van der Waals surface area contributed by atoms with Crippen molar-refractivity contribution in [3.8, 4) is 16.9 Å². The molecule has 0 radical (unpaired) electrons. The van der Waals surface area contributed by atoms with E-state index >= 15 is 0 Å². The molecule has 0 saturated heterocycles. The van der Waals surface area contributed by atoms with Gasteiger partial charge in [-0.1, -0.05) is 30.3 Å². The van der Waals surface area contributed by atoms with Crippen LogP contribution in [-0.4, -0.2) is 26.9 Å². The fourth-order valence-corrected chi connectivity index (χ4v) is 2.79. The number of carbonyl (C=O) groups excluding carboxylic acids is 1. The van der Waals surface area contributed by atoms with Gasteiger partial charge < -0.3 is 0 Å². The zero-order chi connectivity index (χ0) is 20.1. The second-order valence-corrected chi connectivity index (χ2v) is 6.13. The number of hydrogen-bond acceptors (Lipinski definition) is 4. The van der Waals surface area contributed by atoms with Crippen LogP contribution >= 0.6 is 0 Å². The SMILES string of the molecule is O=C(N/N=C\c1cn(-c2ccccc2)nc1-c1ccncc1)c1ccccc1F. The standard InChI is InChI=1S/C22H16FN5O/c23-20-9-5-4-8-19(20)22(29)26-25-14-17-15-28(18-6-2-1-3-7-18)27-21(17)16-10-12-24-13-11-16/h1-15H,(H,26,29)/b25-14-. The lowest BCUT2D eigenvalue weighted by Gasteiger charge is -2.01. The smallest absolute Gasteiger partial charge is 0.267 e. The highest BCUT2D eigenvalue weighted by Gasteiger charge is 2.12. The van der Waals surface area contributed by atoms with Gasteiger partial charge in [0.1, 0.15) is 11.5 Å². The van der Waals surface area contributed by atoms with E-state index in [4.69, 9.17) is 0 Å². The maximum Gasteiger partial charge on any atom is 0.274 e. The second kappa shape index (κ2) is 8.26. The van der Waals surface area contributed by atoms with Crippen LogP contribution in [0.4, 0.5) is 4.39 Å². The number of carbonyl (C=O) groups is 1. The third-order valence-electron chi connectivity index (χ3n) is 4.21. The van der Waals surface area contributed by atoms with E-state index in [1.54, 1.807) is 23.1 Å². The molecule has 0 saturated carbocycles. The summed E-state index contributed by atoms with van der Waals surface area (Å²) in [4.78, 5) is 16.2. The Bertz CT molecular complexity index is 1160. The highest BCUT2D eigenvalue weighted by molar-refractivity contribution is 5.95. The van der Waals surface area contributed by atoms with E-state index in [9.17, 15) is 9.18 Å². The topological polar surface area (TPSA) is 72.2 Å². The van der Waals surface area contributed by atoms with Crippen LogP contribution in [0.2, 0.25) is 0 Å². The summed E-state index contributed by atoms with van der Waals surface area (Å²) in [5.41, 5.74) is 5.40. The van der Waals surface area contributed by atoms with Crippen molar-refractivity contribution in [2.24, 2.45) is 5.10 Å². The Labute approximate surface area is 166 Å². The molecule has 0 atom stereocenters. The number of pyridine rings is 1.